The Morgan fingerprint density at radius 2 is 2.00 bits per heavy atom. The first-order chi connectivity index (χ1) is 8.08. The zero-order valence-corrected chi connectivity index (χ0v) is 10.1. The molecule has 0 unspecified atom stereocenters. The van der Waals surface area contributed by atoms with Gasteiger partial charge in [-0.15, -0.1) is 17.5 Å². The Hall–Kier alpha value is -2.42. The third kappa shape index (κ3) is 2.63. The van der Waals surface area contributed by atoms with Gasteiger partial charge in [0.25, 0.3) is 5.88 Å². The fourth-order valence-corrected chi connectivity index (χ4v) is 1.16. The molecular formula is C8H10ClN7O2. The molecule has 0 atom stereocenters. The summed E-state index contributed by atoms with van der Waals surface area (Å²) in [5.41, 5.74) is 11.0. The maximum Gasteiger partial charge on any atom is 0.411 e. The Bertz CT molecular complexity index is 553. The number of nitrogen functional groups attached to an aromatic ring is 1. The number of anilines is 1. The minimum Gasteiger partial charge on any atom is -0.396 e. The normalized spacial score (nSPS) is 9.61. The van der Waals surface area contributed by atoms with Crippen molar-refractivity contribution in [2.75, 3.05) is 5.73 Å². The quantitative estimate of drug-likeness (QED) is 0.767. The summed E-state index contributed by atoms with van der Waals surface area (Å²) in [4.78, 5) is 18.6. The fourth-order valence-electron chi connectivity index (χ4n) is 1.16. The second-order valence-corrected chi connectivity index (χ2v) is 3.13. The predicted molar refractivity (Wildman–Crippen MR) is 63.9 cm³/mol. The summed E-state index contributed by atoms with van der Waals surface area (Å²) in [6, 6.07) is 0. The first-order valence-electron chi connectivity index (χ1n) is 4.53. The van der Waals surface area contributed by atoms with E-state index in [0.29, 0.717) is 5.69 Å². The van der Waals surface area contributed by atoms with Crippen LogP contribution in [-0.2, 0) is 7.05 Å². The first kappa shape index (κ1) is 13.6. The summed E-state index contributed by atoms with van der Waals surface area (Å²) in [5, 5.41) is 7.47. The van der Waals surface area contributed by atoms with Crippen molar-refractivity contribution in [3.05, 3.63) is 12.4 Å². The topological polar surface area (TPSA) is 135 Å². The zero-order valence-electron chi connectivity index (χ0n) is 9.27. The number of rotatable bonds is 2. The van der Waals surface area contributed by atoms with Crippen molar-refractivity contribution in [2.45, 2.75) is 0 Å². The molecule has 18 heavy (non-hydrogen) atoms. The largest absolute Gasteiger partial charge is 0.411 e. The lowest BCUT2D eigenvalue weighted by Gasteiger charge is -2.02. The zero-order chi connectivity index (χ0) is 12.4. The van der Waals surface area contributed by atoms with Crippen LogP contribution >= 0.6 is 12.4 Å². The molecule has 9 nitrogen and oxygen atoms in total. The summed E-state index contributed by atoms with van der Waals surface area (Å²) in [6.45, 7) is 0. The van der Waals surface area contributed by atoms with Gasteiger partial charge in [0.15, 0.2) is 11.5 Å². The van der Waals surface area contributed by atoms with Gasteiger partial charge in [0, 0.05) is 7.05 Å². The Morgan fingerprint density at radius 1 is 1.39 bits per heavy atom. The lowest BCUT2D eigenvalue weighted by atomic mass is 10.4. The van der Waals surface area contributed by atoms with E-state index in [1.807, 2.05) is 0 Å². The summed E-state index contributed by atoms with van der Waals surface area (Å²) >= 11 is 0. The summed E-state index contributed by atoms with van der Waals surface area (Å²) in [5.74, 6) is 0.311. The molecule has 2 aromatic rings. The number of aromatic nitrogens is 5. The molecule has 10 heteroatoms. The Balaban J connectivity index is 0.00000162. The minimum atomic E-state index is -0.966. The number of amides is 1. The molecule has 0 aromatic carbocycles. The van der Waals surface area contributed by atoms with E-state index in [2.05, 4.69) is 20.3 Å². The number of hydrogen-bond acceptors (Lipinski definition) is 7. The molecule has 2 aromatic heterocycles. The molecule has 96 valence electrons. The number of aryl methyl sites for hydroxylation is 1. The molecule has 0 saturated carbocycles. The van der Waals surface area contributed by atoms with Crippen molar-refractivity contribution in [3.63, 3.8) is 0 Å². The monoisotopic (exact) mass is 271 g/mol. The minimum absolute atomic E-state index is 0. The summed E-state index contributed by atoms with van der Waals surface area (Å²) < 4.78 is 6.02. The van der Waals surface area contributed by atoms with Gasteiger partial charge in [0.05, 0.1) is 18.1 Å². The molecule has 0 radical (unpaired) electrons. The average Bonchev–Trinajstić information content (AvgIpc) is 2.61. The van der Waals surface area contributed by atoms with E-state index in [0.717, 1.165) is 0 Å². The molecule has 0 aliphatic rings. The number of halogens is 1. The van der Waals surface area contributed by atoms with E-state index < -0.39 is 6.09 Å². The number of ether oxygens (including phenoxy) is 1. The van der Waals surface area contributed by atoms with Crippen LogP contribution in [0.25, 0.3) is 11.5 Å². The maximum absolute atomic E-state index is 10.7. The third-order valence-corrected chi connectivity index (χ3v) is 1.86. The van der Waals surface area contributed by atoms with Crippen LogP contribution < -0.4 is 16.2 Å². The van der Waals surface area contributed by atoms with Crippen LogP contribution in [0.5, 0.6) is 5.88 Å². The Morgan fingerprint density at radius 3 is 2.56 bits per heavy atom. The summed E-state index contributed by atoms with van der Waals surface area (Å²) in [6.07, 6.45) is 1.85. The molecule has 0 saturated heterocycles. The van der Waals surface area contributed by atoms with Crippen molar-refractivity contribution in [2.24, 2.45) is 12.8 Å². The van der Waals surface area contributed by atoms with E-state index in [4.69, 9.17) is 16.2 Å². The van der Waals surface area contributed by atoms with Crippen molar-refractivity contribution < 1.29 is 9.53 Å². The molecule has 1 amide bonds. The molecular weight excluding hydrogens is 262 g/mol. The van der Waals surface area contributed by atoms with E-state index in [-0.39, 0.29) is 29.8 Å². The molecule has 0 aliphatic heterocycles. The van der Waals surface area contributed by atoms with Crippen molar-refractivity contribution in [1.29, 1.82) is 0 Å². The van der Waals surface area contributed by atoms with E-state index in [1.165, 1.54) is 17.1 Å². The number of carbonyl (C=O) groups excluding carboxylic acids is 1. The van der Waals surface area contributed by atoms with Gasteiger partial charge in [-0.1, -0.05) is 5.21 Å². The smallest absolute Gasteiger partial charge is 0.396 e. The van der Waals surface area contributed by atoms with Gasteiger partial charge in [-0.3, -0.25) is 0 Å². The third-order valence-electron chi connectivity index (χ3n) is 1.86. The molecule has 0 aliphatic carbocycles. The van der Waals surface area contributed by atoms with Crippen LogP contribution in [0, 0.1) is 0 Å². The van der Waals surface area contributed by atoms with Gasteiger partial charge in [-0.25, -0.2) is 19.4 Å². The van der Waals surface area contributed by atoms with Crippen molar-refractivity contribution in [3.8, 4) is 17.4 Å². The van der Waals surface area contributed by atoms with Gasteiger partial charge in [-0.05, 0) is 0 Å². The van der Waals surface area contributed by atoms with E-state index >= 15 is 0 Å². The van der Waals surface area contributed by atoms with Crippen molar-refractivity contribution in [1.82, 2.24) is 25.0 Å². The van der Waals surface area contributed by atoms with Crippen LogP contribution in [0.3, 0.4) is 0 Å². The van der Waals surface area contributed by atoms with E-state index in [1.54, 1.807) is 7.05 Å². The predicted octanol–water partition coefficient (Wildman–Crippen LogP) is -0.266. The molecule has 0 bridgehead atoms. The second kappa shape index (κ2) is 5.27. The van der Waals surface area contributed by atoms with Crippen LogP contribution in [0.2, 0.25) is 0 Å². The Kier molecular flexibility index (Phi) is 4.00. The lowest BCUT2D eigenvalue weighted by Crippen LogP contribution is -2.18. The fraction of sp³-hybridized carbons (Fsp3) is 0.125. The van der Waals surface area contributed by atoms with Crippen LogP contribution in [-0.4, -0.2) is 31.1 Å². The lowest BCUT2D eigenvalue weighted by molar-refractivity contribution is 0.207. The SMILES string of the molecule is Cl.Cn1nnc(-c2ncc(N)cn2)c1OC(N)=O. The molecule has 0 spiro atoms. The highest BCUT2D eigenvalue weighted by Crippen LogP contribution is 2.23. The molecule has 0 fully saturated rings. The van der Waals surface area contributed by atoms with E-state index in [9.17, 15) is 4.79 Å². The number of hydrogen-bond donors (Lipinski definition) is 2. The summed E-state index contributed by atoms with van der Waals surface area (Å²) in [7, 11) is 1.55. The van der Waals surface area contributed by atoms with Gasteiger partial charge in [0.2, 0.25) is 0 Å². The second-order valence-electron chi connectivity index (χ2n) is 3.13. The van der Waals surface area contributed by atoms with Crippen LogP contribution in [0.4, 0.5) is 10.5 Å². The first-order valence-corrected chi connectivity index (χ1v) is 4.53. The van der Waals surface area contributed by atoms with Gasteiger partial charge < -0.3 is 16.2 Å². The number of carbonyl (C=O) groups is 1. The molecule has 4 N–H and O–H groups in total. The number of primary amides is 1. The van der Waals surface area contributed by atoms with Crippen LogP contribution in [0.15, 0.2) is 12.4 Å². The highest BCUT2D eigenvalue weighted by Gasteiger charge is 2.18. The van der Waals surface area contributed by atoms with Crippen molar-refractivity contribution >= 4 is 24.2 Å². The highest BCUT2D eigenvalue weighted by atomic mass is 35.5. The van der Waals surface area contributed by atoms with Gasteiger partial charge >= 0.3 is 6.09 Å². The molecule has 2 rings (SSSR count). The number of nitrogens with zero attached hydrogens (tertiary/aromatic N) is 5. The molecule has 2 heterocycles. The standard InChI is InChI=1S/C8H9N7O2.ClH/c1-15-7(17-8(10)16)5(13-14-15)6-11-2-4(9)3-12-6;/h2-3H,9H2,1H3,(H2,10,16);1H. The van der Waals surface area contributed by atoms with Gasteiger partial charge in [0.1, 0.15) is 0 Å². The van der Waals surface area contributed by atoms with Gasteiger partial charge in [-0.2, -0.15) is 0 Å². The average molecular weight is 272 g/mol. The maximum atomic E-state index is 10.7. The highest BCUT2D eigenvalue weighted by molar-refractivity contribution is 5.85. The van der Waals surface area contributed by atoms with Crippen LogP contribution in [0.1, 0.15) is 0 Å². The number of nitrogens with two attached hydrogens (primary N) is 2. The Labute approximate surface area is 108 Å².